The van der Waals surface area contributed by atoms with Gasteiger partial charge < -0.3 is 18.6 Å². The maximum absolute atomic E-state index is 13.6. The van der Waals surface area contributed by atoms with Gasteiger partial charge in [0.25, 0.3) is 0 Å². The number of hydrogen-bond donors (Lipinski definition) is 1. The summed E-state index contributed by atoms with van der Waals surface area (Å²) < 4.78 is 24.3. The fourth-order valence-electron chi connectivity index (χ4n) is 4.39. The summed E-state index contributed by atoms with van der Waals surface area (Å²) in [7, 11) is -2.26. The Bertz CT molecular complexity index is 1360. The van der Waals surface area contributed by atoms with Crippen LogP contribution in [0.1, 0.15) is 79.0 Å². The van der Waals surface area contributed by atoms with Gasteiger partial charge in [-0.1, -0.05) is 51.1 Å². The third-order valence-electron chi connectivity index (χ3n) is 7.34. The van der Waals surface area contributed by atoms with Crippen LogP contribution in [-0.4, -0.2) is 44.4 Å². The molecular formula is C33H47N3O6Si. The average molecular weight is 610 g/mol. The van der Waals surface area contributed by atoms with Crippen molar-refractivity contribution >= 4 is 31.9 Å². The van der Waals surface area contributed by atoms with E-state index < -0.39 is 37.8 Å². The standard InChI is InChI=1S/C33H47N3O6Si/c1-31(2,3)40-29(37)35-28-25(19-34)24-17-23(42-43(10,11)33(7,8)9)20-36(30(38)41-32(4,5)6)26(24)18-27(28)39-21-22-15-13-12-14-16-22/h12-16,18,23H,17,20-21H2,1-11H3,(H,35,37)/t23-/m0/s1. The van der Waals surface area contributed by atoms with Crippen LogP contribution >= 0.6 is 0 Å². The molecule has 10 heteroatoms. The van der Waals surface area contributed by atoms with Crippen molar-refractivity contribution in [3.63, 3.8) is 0 Å². The van der Waals surface area contributed by atoms with E-state index in [0.29, 0.717) is 17.7 Å². The van der Waals surface area contributed by atoms with Gasteiger partial charge in [-0.15, -0.1) is 0 Å². The first-order valence-electron chi connectivity index (χ1n) is 14.7. The van der Waals surface area contributed by atoms with Gasteiger partial charge in [0, 0.05) is 12.5 Å². The molecule has 0 aromatic heterocycles. The number of carbonyl (C=O) groups is 2. The van der Waals surface area contributed by atoms with Gasteiger partial charge in [-0.05, 0) is 70.8 Å². The van der Waals surface area contributed by atoms with E-state index in [2.05, 4.69) is 45.3 Å². The van der Waals surface area contributed by atoms with Gasteiger partial charge >= 0.3 is 12.2 Å². The van der Waals surface area contributed by atoms with E-state index >= 15 is 0 Å². The lowest BCUT2D eigenvalue weighted by Crippen LogP contribution is -2.51. The summed E-state index contributed by atoms with van der Waals surface area (Å²) in [5.41, 5.74) is 0.819. The number of fused-ring (bicyclic) bond motifs is 1. The number of carbonyl (C=O) groups excluding carboxylic acids is 2. The number of benzene rings is 2. The minimum atomic E-state index is -2.26. The largest absolute Gasteiger partial charge is 0.487 e. The number of nitriles is 1. The molecule has 3 rings (SSSR count). The van der Waals surface area contributed by atoms with E-state index in [4.69, 9.17) is 18.6 Å². The predicted octanol–water partition coefficient (Wildman–Crippen LogP) is 8.17. The summed E-state index contributed by atoms with van der Waals surface area (Å²) in [5.74, 6) is 0.238. The number of nitrogens with zero attached hydrogens (tertiary/aromatic N) is 2. The number of anilines is 2. The van der Waals surface area contributed by atoms with Crippen molar-refractivity contribution in [2.24, 2.45) is 0 Å². The quantitative estimate of drug-likeness (QED) is 0.329. The van der Waals surface area contributed by atoms with E-state index in [1.165, 1.54) is 4.90 Å². The highest BCUT2D eigenvalue weighted by Crippen LogP contribution is 2.44. The summed E-state index contributed by atoms with van der Waals surface area (Å²) in [6.45, 7) is 21.9. The molecule has 234 valence electrons. The molecule has 2 amide bonds. The van der Waals surface area contributed by atoms with Crippen LogP contribution < -0.4 is 15.0 Å². The molecule has 0 aliphatic carbocycles. The highest BCUT2D eigenvalue weighted by Gasteiger charge is 2.43. The summed E-state index contributed by atoms with van der Waals surface area (Å²) >= 11 is 0. The van der Waals surface area contributed by atoms with Gasteiger partial charge in [0.05, 0.1) is 23.9 Å². The van der Waals surface area contributed by atoms with Crippen LogP contribution in [0, 0.1) is 11.3 Å². The fourth-order valence-corrected chi connectivity index (χ4v) is 5.74. The summed E-state index contributed by atoms with van der Waals surface area (Å²) in [5, 5.41) is 13.2. The van der Waals surface area contributed by atoms with Crippen molar-refractivity contribution in [2.45, 2.75) is 111 Å². The number of nitrogens with one attached hydrogen (secondary N) is 1. The zero-order chi connectivity index (χ0) is 32.4. The van der Waals surface area contributed by atoms with Crippen molar-refractivity contribution in [2.75, 3.05) is 16.8 Å². The zero-order valence-electron chi connectivity index (χ0n) is 27.5. The van der Waals surface area contributed by atoms with E-state index in [-0.39, 0.29) is 35.2 Å². The molecule has 1 aliphatic rings. The Kier molecular flexibility index (Phi) is 9.94. The molecule has 9 nitrogen and oxygen atoms in total. The van der Waals surface area contributed by atoms with E-state index in [0.717, 1.165) is 5.56 Å². The Morgan fingerprint density at radius 1 is 1.00 bits per heavy atom. The Morgan fingerprint density at radius 2 is 1.60 bits per heavy atom. The highest BCUT2D eigenvalue weighted by molar-refractivity contribution is 6.74. The molecule has 0 saturated heterocycles. The third-order valence-corrected chi connectivity index (χ3v) is 11.9. The van der Waals surface area contributed by atoms with E-state index in [1.54, 1.807) is 26.8 Å². The number of rotatable bonds is 6. The maximum Gasteiger partial charge on any atom is 0.414 e. The molecule has 0 bridgehead atoms. The average Bonchev–Trinajstić information content (AvgIpc) is 2.84. The molecule has 1 heterocycles. The number of ether oxygens (including phenoxy) is 3. The van der Waals surface area contributed by atoms with Gasteiger partial charge in [0.15, 0.2) is 8.32 Å². The van der Waals surface area contributed by atoms with Crippen LogP contribution in [-0.2, 0) is 26.9 Å². The molecule has 43 heavy (non-hydrogen) atoms. The highest BCUT2D eigenvalue weighted by atomic mass is 28.4. The summed E-state index contributed by atoms with van der Waals surface area (Å²) in [4.78, 5) is 28.1. The molecule has 0 saturated carbocycles. The summed E-state index contributed by atoms with van der Waals surface area (Å²) in [6.07, 6.45) is -1.30. The molecule has 2 aromatic rings. The first-order valence-corrected chi connectivity index (χ1v) is 17.6. The molecule has 0 fully saturated rings. The first kappa shape index (κ1) is 33.9. The molecule has 1 aliphatic heterocycles. The SMILES string of the molecule is CC(C)(C)OC(=O)Nc1c(OCc2ccccc2)cc2c(c1C#N)C[C@H](O[Si](C)(C)C(C)(C)C)CN2C(=O)OC(C)(C)C. The van der Waals surface area contributed by atoms with Crippen LogP contribution in [0.25, 0.3) is 0 Å². The van der Waals surface area contributed by atoms with Crippen molar-refractivity contribution in [1.82, 2.24) is 0 Å². The monoisotopic (exact) mass is 609 g/mol. The van der Waals surface area contributed by atoms with E-state index in [9.17, 15) is 14.9 Å². The van der Waals surface area contributed by atoms with Gasteiger partial charge in [-0.2, -0.15) is 5.26 Å². The van der Waals surface area contributed by atoms with Crippen molar-refractivity contribution < 1.29 is 28.2 Å². The fraction of sp³-hybridized carbons (Fsp3) is 0.545. The predicted molar refractivity (Wildman–Crippen MR) is 171 cm³/mol. The Labute approximate surface area is 257 Å². The van der Waals surface area contributed by atoms with Crippen LogP contribution in [0.5, 0.6) is 5.75 Å². The normalized spacial score (nSPS) is 15.7. The minimum Gasteiger partial charge on any atom is -0.487 e. The smallest absolute Gasteiger partial charge is 0.414 e. The topological polar surface area (TPSA) is 110 Å². The van der Waals surface area contributed by atoms with Crippen molar-refractivity contribution in [1.29, 1.82) is 5.26 Å². The van der Waals surface area contributed by atoms with Gasteiger partial charge in [0.1, 0.15) is 35.3 Å². The lowest BCUT2D eigenvalue weighted by Gasteiger charge is -2.43. The second-order valence-corrected chi connectivity index (χ2v) is 19.2. The number of hydrogen-bond acceptors (Lipinski definition) is 7. The van der Waals surface area contributed by atoms with Crippen LogP contribution in [0.4, 0.5) is 21.0 Å². The third kappa shape index (κ3) is 8.97. The van der Waals surface area contributed by atoms with Gasteiger partial charge in [-0.25, -0.2) is 9.59 Å². The van der Waals surface area contributed by atoms with Crippen molar-refractivity contribution in [3.8, 4) is 11.8 Å². The zero-order valence-corrected chi connectivity index (χ0v) is 28.5. The molecule has 1 atom stereocenters. The first-order chi connectivity index (χ1) is 19.7. The Hall–Kier alpha value is -3.55. The molecule has 0 unspecified atom stereocenters. The second-order valence-electron chi connectivity index (χ2n) is 14.4. The van der Waals surface area contributed by atoms with Gasteiger partial charge in [0.2, 0.25) is 0 Å². The van der Waals surface area contributed by atoms with Gasteiger partial charge in [-0.3, -0.25) is 10.2 Å². The maximum atomic E-state index is 13.6. The molecule has 1 N–H and O–H groups in total. The van der Waals surface area contributed by atoms with Crippen molar-refractivity contribution in [3.05, 3.63) is 53.1 Å². The van der Waals surface area contributed by atoms with Crippen LogP contribution in [0.2, 0.25) is 18.1 Å². The van der Waals surface area contributed by atoms with Crippen LogP contribution in [0.15, 0.2) is 36.4 Å². The summed E-state index contributed by atoms with van der Waals surface area (Å²) in [6, 6.07) is 13.5. The second kappa shape index (κ2) is 12.6. The lowest BCUT2D eigenvalue weighted by molar-refractivity contribution is 0.0550. The molecule has 2 aromatic carbocycles. The number of amides is 2. The minimum absolute atomic E-state index is 0.0688. The van der Waals surface area contributed by atoms with E-state index in [1.807, 2.05) is 51.1 Å². The lowest BCUT2D eigenvalue weighted by atomic mass is 9.93. The van der Waals surface area contributed by atoms with Crippen LogP contribution in [0.3, 0.4) is 0 Å². The molecular weight excluding hydrogens is 562 g/mol. The Balaban J connectivity index is 2.18. The molecule has 0 spiro atoms. The molecule has 0 radical (unpaired) electrons. The Morgan fingerprint density at radius 3 is 2.14 bits per heavy atom.